The first-order valence-electron chi connectivity index (χ1n) is 5.35. The van der Waals surface area contributed by atoms with E-state index in [0.29, 0.717) is 0 Å². The van der Waals surface area contributed by atoms with Crippen LogP contribution in [0.1, 0.15) is 5.56 Å². The second kappa shape index (κ2) is 3.49. The van der Waals surface area contributed by atoms with Gasteiger partial charge in [0.2, 0.25) is 0 Å². The van der Waals surface area contributed by atoms with Crippen LogP contribution in [0.3, 0.4) is 0 Å². The van der Waals surface area contributed by atoms with Crippen molar-refractivity contribution in [1.82, 2.24) is 9.78 Å². The van der Waals surface area contributed by atoms with E-state index in [-0.39, 0.29) is 0 Å². The average Bonchev–Trinajstić information content (AvgIpc) is 2.75. The average molecular weight is 208 g/mol. The summed E-state index contributed by atoms with van der Waals surface area (Å²) in [5.41, 5.74) is 3.52. The number of nitrogens with zero attached hydrogens (tertiary/aromatic N) is 2. The molecule has 0 atom stereocenters. The Bertz CT molecular complexity index is 624. The lowest BCUT2D eigenvalue weighted by atomic mass is 10.1. The van der Waals surface area contributed by atoms with Gasteiger partial charge in [-0.25, -0.2) is 4.68 Å². The molecule has 0 aliphatic heterocycles. The molecule has 0 aliphatic carbocycles. The Kier molecular flexibility index (Phi) is 2.00. The first kappa shape index (κ1) is 9.16. The van der Waals surface area contributed by atoms with Gasteiger partial charge in [0.25, 0.3) is 0 Å². The van der Waals surface area contributed by atoms with Gasteiger partial charge < -0.3 is 0 Å². The van der Waals surface area contributed by atoms with Crippen LogP contribution in [0.25, 0.3) is 16.6 Å². The van der Waals surface area contributed by atoms with Crippen molar-refractivity contribution in [3.05, 3.63) is 60.3 Å². The van der Waals surface area contributed by atoms with Crippen molar-refractivity contribution in [2.24, 2.45) is 0 Å². The normalized spacial score (nSPS) is 10.8. The van der Waals surface area contributed by atoms with Crippen LogP contribution < -0.4 is 0 Å². The molecule has 0 bridgehead atoms. The summed E-state index contributed by atoms with van der Waals surface area (Å²) in [6, 6.07) is 16.5. The summed E-state index contributed by atoms with van der Waals surface area (Å²) in [7, 11) is 0. The Morgan fingerprint density at radius 2 is 1.75 bits per heavy atom. The van der Waals surface area contributed by atoms with Gasteiger partial charge in [0.1, 0.15) is 0 Å². The smallest absolute Gasteiger partial charge is 0.0743 e. The van der Waals surface area contributed by atoms with Crippen molar-refractivity contribution in [2.45, 2.75) is 6.92 Å². The highest BCUT2D eigenvalue weighted by molar-refractivity contribution is 5.83. The van der Waals surface area contributed by atoms with Crippen molar-refractivity contribution >= 4 is 10.9 Å². The summed E-state index contributed by atoms with van der Waals surface area (Å²) in [6.07, 6.45) is 1.93. The molecule has 3 rings (SSSR count). The highest BCUT2D eigenvalue weighted by atomic mass is 15.3. The second-order valence-corrected chi connectivity index (χ2v) is 3.90. The minimum atomic E-state index is 1.10. The molecule has 2 heteroatoms. The van der Waals surface area contributed by atoms with Gasteiger partial charge in [0.15, 0.2) is 0 Å². The number of hydrogen-bond donors (Lipinski definition) is 0. The zero-order valence-electron chi connectivity index (χ0n) is 9.09. The maximum absolute atomic E-state index is 4.44. The molecule has 2 aromatic carbocycles. The number of aryl methyl sites for hydroxylation is 1. The van der Waals surface area contributed by atoms with Gasteiger partial charge in [0.05, 0.1) is 17.4 Å². The van der Waals surface area contributed by atoms with Gasteiger partial charge in [-0.2, -0.15) is 5.10 Å². The van der Waals surface area contributed by atoms with Gasteiger partial charge in [-0.1, -0.05) is 30.3 Å². The molecule has 16 heavy (non-hydrogen) atoms. The fraction of sp³-hybridized carbons (Fsp3) is 0.0714. The zero-order chi connectivity index (χ0) is 11.0. The summed E-state index contributed by atoms with van der Waals surface area (Å²) < 4.78 is 1.97. The molecular formula is C14H12N2. The lowest BCUT2D eigenvalue weighted by molar-refractivity contribution is 0.911. The molecule has 3 aromatic rings. The molecule has 0 unspecified atom stereocenters. The maximum atomic E-state index is 4.44. The molecule has 0 saturated heterocycles. The van der Waals surface area contributed by atoms with Crippen LogP contribution in [0.15, 0.2) is 54.7 Å². The Morgan fingerprint density at radius 1 is 0.938 bits per heavy atom. The molecule has 0 amide bonds. The van der Waals surface area contributed by atoms with Crippen LogP contribution >= 0.6 is 0 Å². The first-order chi connectivity index (χ1) is 7.86. The summed E-state index contributed by atoms with van der Waals surface area (Å²) in [5, 5.41) is 5.66. The van der Waals surface area contributed by atoms with Crippen LogP contribution in [0.5, 0.6) is 0 Å². The monoisotopic (exact) mass is 208 g/mol. The third kappa shape index (κ3) is 1.31. The number of para-hydroxylation sites is 1. The zero-order valence-corrected chi connectivity index (χ0v) is 9.09. The van der Waals surface area contributed by atoms with Crippen molar-refractivity contribution < 1.29 is 0 Å². The lowest BCUT2D eigenvalue weighted by Gasteiger charge is -2.03. The quantitative estimate of drug-likeness (QED) is 0.599. The number of rotatable bonds is 1. The number of aromatic nitrogens is 2. The predicted molar refractivity (Wildman–Crippen MR) is 65.8 cm³/mol. The van der Waals surface area contributed by atoms with E-state index in [1.54, 1.807) is 0 Å². The van der Waals surface area contributed by atoms with Crippen LogP contribution in [0.2, 0.25) is 0 Å². The van der Waals surface area contributed by atoms with E-state index < -0.39 is 0 Å². The van der Waals surface area contributed by atoms with Crippen LogP contribution in [0, 0.1) is 6.92 Å². The van der Waals surface area contributed by atoms with Gasteiger partial charge >= 0.3 is 0 Å². The Hall–Kier alpha value is -2.09. The Labute approximate surface area is 94.1 Å². The third-order valence-electron chi connectivity index (χ3n) is 2.83. The van der Waals surface area contributed by atoms with E-state index in [2.05, 4.69) is 42.4 Å². The van der Waals surface area contributed by atoms with Gasteiger partial charge in [-0.3, -0.25) is 0 Å². The second-order valence-electron chi connectivity index (χ2n) is 3.90. The van der Waals surface area contributed by atoms with E-state index in [9.17, 15) is 0 Å². The highest BCUT2D eigenvalue weighted by Crippen LogP contribution is 2.20. The lowest BCUT2D eigenvalue weighted by Crippen LogP contribution is -1.94. The van der Waals surface area contributed by atoms with E-state index >= 15 is 0 Å². The van der Waals surface area contributed by atoms with Crippen molar-refractivity contribution in [3.63, 3.8) is 0 Å². The summed E-state index contributed by atoms with van der Waals surface area (Å²) in [5.74, 6) is 0. The molecule has 0 N–H and O–H groups in total. The van der Waals surface area contributed by atoms with E-state index in [4.69, 9.17) is 0 Å². The minimum Gasteiger partial charge on any atom is -0.233 e. The van der Waals surface area contributed by atoms with Crippen LogP contribution in [0.4, 0.5) is 0 Å². The van der Waals surface area contributed by atoms with Gasteiger partial charge in [0, 0.05) is 5.39 Å². The molecule has 0 aliphatic rings. The van der Waals surface area contributed by atoms with Crippen molar-refractivity contribution in [3.8, 4) is 5.69 Å². The van der Waals surface area contributed by atoms with Crippen LogP contribution in [-0.4, -0.2) is 9.78 Å². The van der Waals surface area contributed by atoms with Crippen LogP contribution in [-0.2, 0) is 0 Å². The van der Waals surface area contributed by atoms with E-state index in [1.807, 2.05) is 29.1 Å². The summed E-state index contributed by atoms with van der Waals surface area (Å²) in [6.45, 7) is 2.11. The number of benzene rings is 2. The first-order valence-corrected chi connectivity index (χ1v) is 5.35. The molecule has 2 nitrogen and oxygen atoms in total. The summed E-state index contributed by atoms with van der Waals surface area (Å²) in [4.78, 5) is 0. The number of hydrogen-bond acceptors (Lipinski definition) is 1. The topological polar surface area (TPSA) is 17.8 Å². The van der Waals surface area contributed by atoms with Crippen molar-refractivity contribution in [1.29, 1.82) is 0 Å². The fourth-order valence-electron chi connectivity index (χ4n) is 1.97. The maximum Gasteiger partial charge on any atom is 0.0743 e. The van der Waals surface area contributed by atoms with E-state index in [1.165, 1.54) is 10.9 Å². The standard InChI is InChI=1S/C14H12N2/c1-11-6-5-9-14-13(11)10-15-16(14)12-7-3-2-4-8-12/h2-10H,1H3. The van der Waals surface area contributed by atoms with Gasteiger partial charge in [-0.15, -0.1) is 0 Å². The molecule has 0 fully saturated rings. The molecule has 1 aromatic heterocycles. The fourth-order valence-corrected chi connectivity index (χ4v) is 1.97. The van der Waals surface area contributed by atoms with Gasteiger partial charge in [-0.05, 0) is 30.7 Å². The highest BCUT2D eigenvalue weighted by Gasteiger charge is 2.05. The Morgan fingerprint density at radius 3 is 2.56 bits per heavy atom. The SMILES string of the molecule is Cc1cccc2c1cnn2-c1ccccc1. The molecule has 0 spiro atoms. The molecule has 1 heterocycles. The predicted octanol–water partition coefficient (Wildman–Crippen LogP) is 3.33. The third-order valence-corrected chi connectivity index (χ3v) is 2.83. The summed E-state index contributed by atoms with van der Waals surface area (Å²) >= 11 is 0. The Balaban J connectivity index is 2.30. The molecule has 0 saturated carbocycles. The van der Waals surface area contributed by atoms with Crippen molar-refractivity contribution in [2.75, 3.05) is 0 Å². The van der Waals surface area contributed by atoms with E-state index in [0.717, 1.165) is 11.2 Å². The molecular weight excluding hydrogens is 196 g/mol. The number of fused-ring (bicyclic) bond motifs is 1. The minimum absolute atomic E-state index is 1.10. The molecule has 0 radical (unpaired) electrons. The largest absolute Gasteiger partial charge is 0.233 e. The molecule has 78 valence electrons.